The van der Waals surface area contributed by atoms with E-state index in [0.29, 0.717) is 0 Å². The minimum absolute atomic E-state index is 0.0777. The Morgan fingerprint density at radius 1 is 1.85 bits per heavy atom. The summed E-state index contributed by atoms with van der Waals surface area (Å²) in [6.07, 6.45) is 1.77. The summed E-state index contributed by atoms with van der Waals surface area (Å²) < 4.78 is 0. The topological polar surface area (TPSA) is 66.0 Å². The van der Waals surface area contributed by atoms with Gasteiger partial charge in [-0.3, -0.25) is 5.41 Å². The fourth-order valence-corrected chi connectivity index (χ4v) is 1.61. The van der Waals surface area contributed by atoms with Gasteiger partial charge in [-0.05, 0) is 0 Å². The van der Waals surface area contributed by atoms with Crippen molar-refractivity contribution in [3.05, 3.63) is 11.6 Å². The molecule has 1 heterocycles. The summed E-state index contributed by atoms with van der Waals surface area (Å²) in [7, 11) is 1.96. The third-order valence-electron chi connectivity index (χ3n) is 1.82. The molecule has 0 saturated heterocycles. The predicted molar refractivity (Wildman–Crippen MR) is 56.5 cm³/mol. The zero-order chi connectivity index (χ0) is 9.84. The molecule has 1 unspecified atom stereocenters. The predicted octanol–water partition coefficient (Wildman–Crippen LogP) is 1.15. The smallest absolute Gasteiger partial charge is 0.184 e. The molecular weight excluding hydrogens is 184 g/mol. The molecule has 0 aliphatic carbocycles. The highest BCUT2D eigenvalue weighted by atomic mass is 32.1. The number of thiazole rings is 1. The van der Waals surface area contributed by atoms with E-state index in [9.17, 15) is 0 Å². The zero-order valence-corrected chi connectivity index (χ0v) is 8.64. The highest BCUT2D eigenvalue weighted by molar-refractivity contribution is 7.13. The van der Waals surface area contributed by atoms with E-state index in [-0.39, 0.29) is 11.8 Å². The second kappa shape index (κ2) is 4.23. The SMILES string of the molecule is CC(CN(C)c1nccs1)C(=N)N. The average molecular weight is 198 g/mol. The third kappa shape index (κ3) is 2.69. The maximum Gasteiger partial charge on any atom is 0.184 e. The number of anilines is 1. The van der Waals surface area contributed by atoms with E-state index < -0.39 is 0 Å². The van der Waals surface area contributed by atoms with E-state index in [4.69, 9.17) is 11.1 Å². The molecule has 0 aliphatic rings. The van der Waals surface area contributed by atoms with Gasteiger partial charge in [0.05, 0.1) is 5.84 Å². The lowest BCUT2D eigenvalue weighted by atomic mass is 10.1. The molecule has 1 atom stereocenters. The van der Waals surface area contributed by atoms with Crippen LogP contribution < -0.4 is 10.6 Å². The molecule has 0 spiro atoms. The summed E-state index contributed by atoms with van der Waals surface area (Å²) in [5, 5.41) is 10.2. The number of nitrogens with one attached hydrogen (secondary N) is 1. The monoisotopic (exact) mass is 198 g/mol. The van der Waals surface area contributed by atoms with Gasteiger partial charge in [0.15, 0.2) is 5.13 Å². The molecule has 0 radical (unpaired) electrons. The Morgan fingerprint density at radius 3 is 3.00 bits per heavy atom. The van der Waals surface area contributed by atoms with Gasteiger partial charge in [0, 0.05) is 31.1 Å². The Kier molecular flexibility index (Phi) is 3.25. The Morgan fingerprint density at radius 2 is 2.54 bits per heavy atom. The van der Waals surface area contributed by atoms with Crippen molar-refractivity contribution < 1.29 is 0 Å². The zero-order valence-electron chi connectivity index (χ0n) is 7.82. The normalized spacial score (nSPS) is 12.5. The molecule has 1 aromatic rings. The Bertz CT molecular complexity index is 270. The van der Waals surface area contributed by atoms with Crippen molar-refractivity contribution in [1.29, 1.82) is 5.41 Å². The molecule has 72 valence electrons. The summed E-state index contributed by atoms with van der Waals surface area (Å²) in [5.41, 5.74) is 5.38. The first-order valence-electron chi connectivity index (χ1n) is 4.05. The summed E-state index contributed by atoms with van der Waals surface area (Å²) in [4.78, 5) is 6.17. The minimum Gasteiger partial charge on any atom is -0.387 e. The standard InChI is InChI=1S/C8H14N4S/c1-6(7(9)10)5-12(2)8-11-3-4-13-8/h3-4,6H,5H2,1-2H3,(H3,9,10). The molecule has 13 heavy (non-hydrogen) atoms. The van der Waals surface area contributed by atoms with E-state index in [1.165, 1.54) is 0 Å². The summed E-state index contributed by atoms with van der Waals surface area (Å²) in [6, 6.07) is 0. The van der Waals surface area contributed by atoms with E-state index in [1.54, 1.807) is 17.5 Å². The van der Waals surface area contributed by atoms with Gasteiger partial charge >= 0.3 is 0 Å². The number of hydrogen-bond acceptors (Lipinski definition) is 4. The Labute approximate surface area is 81.9 Å². The van der Waals surface area contributed by atoms with Gasteiger partial charge in [-0.25, -0.2) is 4.98 Å². The summed E-state index contributed by atoms with van der Waals surface area (Å²) >= 11 is 1.59. The lowest BCUT2D eigenvalue weighted by Crippen LogP contribution is -2.31. The first kappa shape index (κ1) is 9.98. The number of nitrogens with two attached hydrogens (primary N) is 1. The molecule has 0 aliphatic heterocycles. The van der Waals surface area contributed by atoms with Crippen molar-refractivity contribution in [3.8, 4) is 0 Å². The molecule has 0 amide bonds. The largest absolute Gasteiger partial charge is 0.387 e. The van der Waals surface area contributed by atoms with Gasteiger partial charge in [0.1, 0.15) is 0 Å². The molecule has 0 bridgehead atoms. The maximum atomic E-state index is 7.25. The second-order valence-electron chi connectivity index (χ2n) is 3.05. The van der Waals surface area contributed by atoms with Crippen molar-refractivity contribution in [2.24, 2.45) is 11.7 Å². The van der Waals surface area contributed by atoms with Crippen LogP contribution in [0, 0.1) is 11.3 Å². The van der Waals surface area contributed by atoms with Crippen LogP contribution >= 0.6 is 11.3 Å². The van der Waals surface area contributed by atoms with Crippen LogP contribution in [0.15, 0.2) is 11.6 Å². The van der Waals surface area contributed by atoms with Gasteiger partial charge in [0.25, 0.3) is 0 Å². The van der Waals surface area contributed by atoms with Gasteiger partial charge in [-0.2, -0.15) is 0 Å². The van der Waals surface area contributed by atoms with Crippen LogP contribution in [0.3, 0.4) is 0 Å². The number of rotatable bonds is 4. The molecular formula is C8H14N4S. The van der Waals surface area contributed by atoms with Crippen molar-refractivity contribution >= 4 is 22.3 Å². The van der Waals surface area contributed by atoms with Crippen LogP contribution in [-0.2, 0) is 0 Å². The van der Waals surface area contributed by atoms with Crippen LogP contribution in [0.1, 0.15) is 6.92 Å². The molecule has 1 rings (SSSR count). The first-order valence-corrected chi connectivity index (χ1v) is 4.93. The number of hydrogen-bond donors (Lipinski definition) is 2. The lowest BCUT2D eigenvalue weighted by molar-refractivity contribution is 0.727. The van der Waals surface area contributed by atoms with Crippen molar-refractivity contribution in [3.63, 3.8) is 0 Å². The number of aromatic nitrogens is 1. The molecule has 4 nitrogen and oxygen atoms in total. The molecule has 3 N–H and O–H groups in total. The molecule has 5 heteroatoms. The number of amidine groups is 1. The maximum absolute atomic E-state index is 7.25. The molecule has 0 saturated carbocycles. The van der Waals surface area contributed by atoms with Gasteiger partial charge < -0.3 is 10.6 Å². The van der Waals surface area contributed by atoms with Crippen LogP contribution in [-0.4, -0.2) is 24.4 Å². The van der Waals surface area contributed by atoms with Crippen molar-refractivity contribution in [2.45, 2.75) is 6.92 Å². The third-order valence-corrected chi connectivity index (χ3v) is 2.71. The van der Waals surface area contributed by atoms with Crippen LogP contribution in [0.4, 0.5) is 5.13 Å². The van der Waals surface area contributed by atoms with Crippen LogP contribution in [0.2, 0.25) is 0 Å². The summed E-state index contributed by atoms with van der Waals surface area (Å²) in [6.45, 7) is 2.68. The average Bonchev–Trinajstić information content (AvgIpc) is 2.55. The van der Waals surface area contributed by atoms with E-state index >= 15 is 0 Å². The second-order valence-corrected chi connectivity index (χ2v) is 3.92. The fourth-order valence-electron chi connectivity index (χ4n) is 0.992. The Balaban J connectivity index is 2.51. The van der Waals surface area contributed by atoms with Gasteiger partial charge in [0.2, 0.25) is 0 Å². The van der Waals surface area contributed by atoms with E-state index in [2.05, 4.69) is 4.98 Å². The lowest BCUT2D eigenvalue weighted by Gasteiger charge is -2.19. The van der Waals surface area contributed by atoms with Gasteiger partial charge in [-0.1, -0.05) is 6.92 Å². The number of nitrogens with zero attached hydrogens (tertiary/aromatic N) is 2. The summed E-state index contributed by atoms with van der Waals surface area (Å²) in [5.74, 6) is 0.303. The highest BCUT2D eigenvalue weighted by Gasteiger charge is 2.10. The molecule has 1 aromatic heterocycles. The molecule has 0 aromatic carbocycles. The van der Waals surface area contributed by atoms with Crippen molar-refractivity contribution in [2.75, 3.05) is 18.5 Å². The van der Waals surface area contributed by atoms with E-state index in [0.717, 1.165) is 11.7 Å². The van der Waals surface area contributed by atoms with E-state index in [1.807, 2.05) is 24.3 Å². The van der Waals surface area contributed by atoms with Crippen molar-refractivity contribution in [1.82, 2.24) is 4.98 Å². The quantitative estimate of drug-likeness (QED) is 0.563. The van der Waals surface area contributed by atoms with Crippen LogP contribution in [0.25, 0.3) is 0 Å². The van der Waals surface area contributed by atoms with Crippen LogP contribution in [0.5, 0.6) is 0 Å². The van der Waals surface area contributed by atoms with Gasteiger partial charge in [-0.15, -0.1) is 11.3 Å². The minimum atomic E-state index is 0.0777. The first-order chi connectivity index (χ1) is 6.11. The fraction of sp³-hybridized carbons (Fsp3) is 0.500. The highest BCUT2D eigenvalue weighted by Crippen LogP contribution is 2.16. The Hall–Kier alpha value is -1.10. The molecule has 0 fully saturated rings.